The zero-order chi connectivity index (χ0) is 12.3. The molecule has 1 aliphatic rings. The molecule has 1 rings (SSSR count). The maximum absolute atomic E-state index is 10.8. The Morgan fingerprint density at radius 2 is 1.56 bits per heavy atom. The molecule has 0 aromatic rings. The minimum absolute atomic E-state index is 0.0947. The molecule has 1 saturated heterocycles. The second-order valence-electron chi connectivity index (χ2n) is 4.16. The van der Waals surface area contributed by atoms with Crippen molar-refractivity contribution >= 4 is 23.2 Å². The van der Waals surface area contributed by atoms with Gasteiger partial charge in [0.15, 0.2) is 0 Å². The molecule has 0 radical (unpaired) electrons. The van der Waals surface area contributed by atoms with Crippen molar-refractivity contribution in [3.8, 4) is 0 Å². The topological polar surface area (TPSA) is 69.8 Å². The molecule has 16 heavy (non-hydrogen) atoms. The van der Waals surface area contributed by atoms with Gasteiger partial charge in [-0.1, -0.05) is 12.2 Å². The van der Waals surface area contributed by atoms with E-state index in [9.17, 15) is 4.79 Å². The number of aliphatic carboxylic acids is 1. The maximum Gasteiger partial charge on any atom is 0.320 e. The van der Waals surface area contributed by atoms with Gasteiger partial charge in [0.2, 0.25) is 0 Å². The van der Waals surface area contributed by atoms with Crippen LogP contribution in [0.1, 0.15) is 13.8 Å². The zero-order valence-electron chi connectivity index (χ0n) is 9.72. The lowest BCUT2D eigenvalue weighted by Crippen LogP contribution is -2.55. The van der Waals surface area contributed by atoms with Gasteiger partial charge in [-0.05, 0) is 13.8 Å². The van der Waals surface area contributed by atoms with E-state index in [4.69, 9.17) is 23.1 Å². The summed E-state index contributed by atoms with van der Waals surface area (Å²) in [5.74, 6) is -0.768. The first-order valence-corrected chi connectivity index (χ1v) is 5.84. The highest BCUT2D eigenvalue weighted by Crippen LogP contribution is 2.09. The lowest BCUT2D eigenvalue weighted by molar-refractivity contribution is -0.143. The first-order chi connectivity index (χ1) is 7.43. The van der Waals surface area contributed by atoms with Crippen molar-refractivity contribution in [2.75, 3.05) is 26.2 Å². The molecule has 0 aromatic carbocycles. The average Bonchev–Trinajstić information content (AvgIpc) is 2.27. The average molecular weight is 245 g/mol. The summed E-state index contributed by atoms with van der Waals surface area (Å²) in [6.45, 7) is 6.83. The molecule has 5 nitrogen and oxygen atoms in total. The molecule has 0 amide bonds. The normalized spacial score (nSPS) is 22.6. The molecule has 0 spiro atoms. The summed E-state index contributed by atoms with van der Waals surface area (Å²) in [6.07, 6.45) is 0. The van der Waals surface area contributed by atoms with Gasteiger partial charge in [-0.2, -0.15) is 0 Å². The van der Waals surface area contributed by atoms with E-state index in [0.717, 1.165) is 26.2 Å². The van der Waals surface area contributed by atoms with Gasteiger partial charge in [0.25, 0.3) is 0 Å². The van der Waals surface area contributed by atoms with Crippen LogP contribution in [0.15, 0.2) is 0 Å². The van der Waals surface area contributed by atoms with Crippen LogP contribution in [-0.4, -0.2) is 64.1 Å². The third-order valence-electron chi connectivity index (χ3n) is 3.21. The van der Waals surface area contributed by atoms with E-state index in [0.29, 0.717) is 4.99 Å². The van der Waals surface area contributed by atoms with Gasteiger partial charge in [-0.25, -0.2) is 0 Å². The molecule has 92 valence electrons. The third kappa shape index (κ3) is 3.13. The largest absolute Gasteiger partial charge is 0.480 e. The highest BCUT2D eigenvalue weighted by atomic mass is 32.1. The molecule has 1 heterocycles. The van der Waals surface area contributed by atoms with Crippen LogP contribution < -0.4 is 5.73 Å². The van der Waals surface area contributed by atoms with Gasteiger partial charge in [0.05, 0.1) is 11.0 Å². The van der Waals surface area contributed by atoms with Gasteiger partial charge in [0.1, 0.15) is 6.04 Å². The first-order valence-electron chi connectivity index (χ1n) is 5.43. The number of hydrogen-bond donors (Lipinski definition) is 2. The number of nitrogens with zero attached hydrogens (tertiary/aromatic N) is 2. The molecule has 0 saturated carbocycles. The van der Waals surface area contributed by atoms with Crippen molar-refractivity contribution in [3.63, 3.8) is 0 Å². The summed E-state index contributed by atoms with van der Waals surface area (Å²) in [5.41, 5.74) is 5.59. The van der Waals surface area contributed by atoms with Crippen LogP contribution in [-0.2, 0) is 4.79 Å². The van der Waals surface area contributed by atoms with Crippen molar-refractivity contribution in [1.29, 1.82) is 0 Å². The molecule has 3 N–H and O–H groups in total. The fraction of sp³-hybridized carbons (Fsp3) is 0.800. The standard InChI is InChI=1S/C10H19N3O2S/c1-7(9(11)16)12-3-5-13(6-4-12)8(2)10(14)15/h7-8H,3-6H2,1-2H3,(H2,11,16)(H,14,15). The van der Waals surface area contributed by atoms with Crippen LogP contribution in [0, 0.1) is 0 Å². The maximum atomic E-state index is 10.8. The van der Waals surface area contributed by atoms with E-state index in [1.165, 1.54) is 0 Å². The lowest BCUT2D eigenvalue weighted by atomic mass is 10.2. The molecule has 6 heteroatoms. The van der Waals surface area contributed by atoms with E-state index >= 15 is 0 Å². The van der Waals surface area contributed by atoms with Crippen LogP contribution in [0.4, 0.5) is 0 Å². The zero-order valence-corrected chi connectivity index (χ0v) is 10.5. The summed E-state index contributed by atoms with van der Waals surface area (Å²) < 4.78 is 0. The van der Waals surface area contributed by atoms with Crippen LogP contribution in [0.3, 0.4) is 0 Å². The minimum atomic E-state index is -0.768. The smallest absolute Gasteiger partial charge is 0.320 e. The van der Waals surface area contributed by atoms with E-state index in [1.54, 1.807) is 6.92 Å². The molecule has 0 bridgehead atoms. The van der Waals surface area contributed by atoms with Crippen LogP contribution >= 0.6 is 12.2 Å². The van der Waals surface area contributed by atoms with Gasteiger partial charge in [-0.15, -0.1) is 0 Å². The van der Waals surface area contributed by atoms with Crippen molar-refractivity contribution in [1.82, 2.24) is 9.80 Å². The second-order valence-corrected chi connectivity index (χ2v) is 4.64. The number of carbonyl (C=O) groups is 1. The highest BCUT2D eigenvalue weighted by Gasteiger charge is 2.27. The van der Waals surface area contributed by atoms with Crippen LogP contribution in [0.2, 0.25) is 0 Å². The van der Waals surface area contributed by atoms with E-state index in [-0.39, 0.29) is 6.04 Å². The lowest BCUT2D eigenvalue weighted by Gasteiger charge is -2.39. The molecular formula is C10H19N3O2S. The number of rotatable bonds is 4. The predicted molar refractivity (Wildman–Crippen MR) is 66.5 cm³/mol. The first kappa shape index (κ1) is 13.3. The van der Waals surface area contributed by atoms with Gasteiger partial charge in [0, 0.05) is 26.2 Å². The Balaban J connectivity index is 2.45. The molecule has 0 aliphatic carbocycles. The Labute approximate surface area is 101 Å². The number of carboxylic acids is 1. The number of hydrogen-bond acceptors (Lipinski definition) is 4. The molecule has 1 fully saturated rings. The van der Waals surface area contributed by atoms with Crippen molar-refractivity contribution in [2.24, 2.45) is 5.73 Å². The summed E-state index contributed by atoms with van der Waals surface area (Å²) in [6, 6.07) is -0.320. The van der Waals surface area contributed by atoms with Crippen molar-refractivity contribution in [3.05, 3.63) is 0 Å². The molecule has 2 atom stereocenters. The summed E-state index contributed by atoms with van der Waals surface area (Å²) in [7, 11) is 0. The van der Waals surface area contributed by atoms with Crippen LogP contribution in [0.25, 0.3) is 0 Å². The Morgan fingerprint density at radius 3 is 1.88 bits per heavy atom. The van der Waals surface area contributed by atoms with Gasteiger partial charge < -0.3 is 10.8 Å². The fourth-order valence-electron chi connectivity index (χ4n) is 1.85. The third-order valence-corrected chi connectivity index (χ3v) is 3.55. The van der Waals surface area contributed by atoms with Gasteiger partial charge >= 0.3 is 5.97 Å². The Morgan fingerprint density at radius 1 is 1.19 bits per heavy atom. The van der Waals surface area contributed by atoms with Crippen LogP contribution in [0.5, 0.6) is 0 Å². The molecule has 1 aliphatic heterocycles. The second kappa shape index (κ2) is 5.56. The van der Waals surface area contributed by atoms with E-state index < -0.39 is 12.0 Å². The summed E-state index contributed by atoms with van der Waals surface area (Å²) >= 11 is 4.95. The summed E-state index contributed by atoms with van der Waals surface area (Å²) in [5, 5.41) is 8.90. The summed E-state index contributed by atoms with van der Waals surface area (Å²) in [4.78, 5) is 15.5. The number of carboxylic acid groups (broad SMARTS) is 1. The Hall–Kier alpha value is -0.720. The highest BCUT2D eigenvalue weighted by molar-refractivity contribution is 7.80. The number of thiocarbonyl (C=S) groups is 1. The fourth-order valence-corrected chi connectivity index (χ4v) is 2.00. The molecular weight excluding hydrogens is 226 g/mol. The number of nitrogens with two attached hydrogens (primary N) is 1. The van der Waals surface area contributed by atoms with E-state index in [1.807, 2.05) is 11.8 Å². The molecule has 0 aromatic heterocycles. The van der Waals surface area contributed by atoms with Gasteiger partial charge in [-0.3, -0.25) is 14.6 Å². The quantitative estimate of drug-likeness (QED) is 0.666. The molecule has 2 unspecified atom stereocenters. The number of piperazine rings is 1. The predicted octanol–water partition coefficient (Wildman–Crippen LogP) is -0.248. The van der Waals surface area contributed by atoms with E-state index in [2.05, 4.69) is 4.90 Å². The van der Waals surface area contributed by atoms with Crippen molar-refractivity contribution in [2.45, 2.75) is 25.9 Å². The monoisotopic (exact) mass is 245 g/mol. The Bertz CT molecular complexity index is 249. The SMILES string of the molecule is CC(C(=O)O)N1CCN(C(C)C(N)=S)CC1. The van der Waals surface area contributed by atoms with Crippen molar-refractivity contribution < 1.29 is 9.90 Å². The minimum Gasteiger partial charge on any atom is -0.480 e. The Kier molecular flexibility index (Phi) is 4.64.